The number of ether oxygens (including phenoxy) is 1. The first-order valence-electron chi connectivity index (χ1n) is 14.7. The van der Waals surface area contributed by atoms with Crippen LogP contribution in [0.4, 0.5) is 19.0 Å². The highest BCUT2D eigenvalue weighted by Crippen LogP contribution is 2.39. The maximum absolute atomic E-state index is 14.0. The van der Waals surface area contributed by atoms with Gasteiger partial charge in [0.15, 0.2) is 0 Å². The molecule has 0 amide bonds. The molecule has 4 aromatic heterocycles. The van der Waals surface area contributed by atoms with Gasteiger partial charge in [0, 0.05) is 53.9 Å². The van der Waals surface area contributed by atoms with Crippen LogP contribution in [0.15, 0.2) is 40.6 Å². The summed E-state index contributed by atoms with van der Waals surface area (Å²) in [6.45, 7) is 3.10. The molecule has 0 radical (unpaired) electrons. The summed E-state index contributed by atoms with van der Waals surface area (Å²) < 4.78 is 47.0. The van der Waals surface area contributed by atoms with E-state index in [4.69, 9.17) is 16.3 Å². The number of aromatic nitrogens is 4. The predicted octanol–water partition coefficient (Wildman–Crippen LogP) is 5.67. The number of thiophene rings is 1. The highest BCUT2D eigenvalue weighted by molar-refractivity contribution is 7.18. The highest BCUT2D eigenvalue weighted by atomic mass is 35.5. The van der Waals surface area contributed by atoms with Crippen LogP contribution < -0.4 is 15.2 Å². The first kappa shape index (κ1) is 33.1. The number of halogens is 4. The van der Waals surface area contributed by atoms with E-state index in [2.05, 4.69) is 21.0 Å². The molecule has 5 aromatic rings. The van der Waals surface area contributed by atoms with E-state index >= 15 is 0 Å². The van der Waals surface area contributed by atoms with Crippen LogP contribution in [0, 0.1) is 25.2 Å². The van der Waals surface area contributed by atoms with E-state index in [0.29, 0.717) is 43.6 Å². The summed E-state index contributed by atoms with van der Waals surface area (Å²) >= 11 is 7.59. The molecule has 48 heavy (non-hydrogen) atoms. The van der Waals surface area contributed by atoms with Crippen LogP contribution in [0.2, 0.25) is 5.02 Å². The third-order valence-corrected chi connectivity index (χ3v) is 9.36. The molecule has 0 saturated carbocycles. The Morgan fingerprint density at radius 3 is 2.56 bits per heavy atom. The van der Waals surface area contributed by atoms with Gasteiger partial charge in [-0.25, -0.2) is 14.8 Å². The monoisotopic (exact) mass is 697 g/mol. The number of rotatable bonds is 8. The molecule has 6 rings (SSSR count). The molecular weight excluding hydrogens is 671 g/mol. The van der Waals surface area contributed by atoms with Crippen LogP contribution in [0.5, 0.6) is 5.75 Å². The molecule has 0 spiro atoms. The summed E-state index contributed by atoms with van der Waals surface area (Å²) in [5.74, 6) is -0.0139. The van der Waals surface area contributed by atoms with E-state index in [1.165, 1.54) is 32.4 Å². The van der Waals surface area contributed by atoms with Crippen molar-refractivity contribution in [3.8, 4) is 22.9 Å². The average molecular weight is 698 g/mol. The number of hydrogen-bond donors (Lipinski definition) is 1. The number of hydrogen-bond acceptors (Lipinski definition) is 10. The van der Waals surface area contributed by atoms with Crippen molar-refractivity contribution in [3.63, 3.8) is 0 Å². The molecule has 1 aliphatic rings. The minimum absolute atomic E-state index is 0.0189. The molecule has 1 saturated heterocycles. The molecule has 1 fully saturated rings. The van der Waals surface area contributed by atoms with Gasteiger partial charge < -0.3 is 14.7 Å². The highest BCUT2D eigenvalue weighted by Gasteiger charge is 2.33. The van der Waals surface area contributed by atoms with E-state index in [9.17, 15) is 33.1 Å². The number of aryl methyl sites for hydroxylation is 2. The standard InChI is InChI=1S/C32H27ClF3N7O4S/c1-17-26-25(22(14-37)29(39-17)42-9-7-41(8-10-42)16-32(34,35)36)30(44)43(18(2)40-26)11-12-47-24-4-3-19(33)13-21(24)20-5-6-38-27-23(31(45)46)15-48-28(20)27/h3-6,13,15H,7-12,16H2,1-2H3,(H,45,46). The summed E-state index contributed by atoms with van der Waals surface area (Å²) in [4.78, 5) is 42.1. The third kappa shape index (κ3) is 6.38. The fourth-order valence-electron chi connectivity index (χ4n) is 5.88. The molecule has 1 N–H and O–H groups in total. The number of piperazine rings is 1. The smallest absolute Gasteiger partial charge is 0.401 e. The number of nitriles is 1. The SMILES string of the molecule is Cc1nc(N2CCN(CC(F)(F)F)CC2)c(C#N)c2c(=O)n(CCOc3ccc(Cl)cc3-c3ccnc4c(C(=O)O)csc34)c(C)nc12. The van der Waals surface area contributed by atoms with Crippen LogP contribution in [-0.2, 0) is 6.54 Å². The molecule has 16 heteroatoms. The van der Waals surface area contributed by atoms with Crippen molar-refractivity contribution in [1.29, 1.82) is 5.26 Å². The summed E-state index contributed by atoms with van der Waals surface area (Å²) in [5, 5.41) is 21.8. The first-order valence-corrected chi connectivity index (χ1v) is 16.0. The van der Waals surface area contributed by atoms with E-state index < -0.39 is 24.2 Å². The topological polar surface area (TPSA) is 137 Å². The number of carbonyl (C=O) groups is 1. The van der Waals surface area contributed by atoms with E-state index in [1.807, 2.05) is 0 Å². The average Bonchev–Trinajstić information content (AvgIpc) is 3.48. The van der Waals surface area contributed by atoms with Gasteiger partial charge in [0.2, 0.25) is 0 Å². The zero-order valence-corrected chi connectivity index (χ0v) is 27.2. The second kappa shape index (κ2) is 13.0. The number of alkyl halides is 3. The maximum Gasteiger partial charge on any atom is 0.401 e. The molecule has 0 atom stereocenters. The van der Waals surface area contributed by atoms with Crippen molar-refractivity contribution in [2.75, 3.05) is 44.2 Å². The number of aromatic carboxylic acids is 1. The maximum atomic E-state index is 14.0. The Kier molecular flexibility index (Phi) is 8.99. The van der Waals surface area contributed by atoms with Gasteiger partial charge in [-0.3, -0.25) is 19.2 Å². The van der Waals surface area contributed by atoms with Gasteiger partial charge in [0.25, 0.3) is 5.56 Å². The van der Waals surface area contributed by atoms with Gasteiger partial charge in [0.1, 0.15) is 41.1 Å². The summed E-state index contributed by atoms with van der Waals surface area (Å²) in [6, 6.07) is 8.90. The summed E-state index contributed by atoms with van der Waals surface area (Å²) in [7, 11) is 0. The van der Waals surface area contributed by atoms with Gasteiger partial charge in [-0.15, -0.1) is 11.3 Å². The Morgan fingerprint density at radius 1 is 1.12 bits per heavy atom. The Balaban J connectivity index is 1.29. The number of fused-ring (bicyclic) bond motifs is 2. The van der Waals surface area contributed by atoms with E-state index in [0.717, 1.165) is 0 Å². The molecule has 11 nitrogen and oxygen atoms in total. The van der Waals surface area contributed by atoms with E-state index in [-0.39, 0.29) is 67.2 Å². The van der Waals surface area contributed by atoms with Crippen molar-refractivity contribution in [3.05, 3.63) is 73.9 Å². The molecule has 0 bridgehead atoms. The number of pyridine rings is 2. The lowest BCUT2D eigenvalue weighted by Crippen LogP contribution is -2.49. The van der Waals surface area contributed by atoms with Crippen molar-refractivity contribution in [2.45, 2.75) is 26.6 Å². The molecule has 0 aliphatic carbocycles. The van der Waals surface area contributed by atoms with Crippen LogP contribution in [0.25, 0.3) is 32.2 Å². The number of benzene rings is 1. The van der Waals surface area contributed by atoms with Crippen LogP contribution >= 0.6 is 22.9 Å². The van der Waals surface area contributed by atoms with Crippen molar-refractivity contribution < 1.29 is 27.8 Å². The molecule has 0 unspecified atom stereocenters. The van der Waals surface area contributed by atoms with Gasteiger partial charge in [0.05, 0.1) is 39.9 Å². The summed E-state index contributed by atoms with van der Waals surface area (Å²) in [6.07, 6.45) is -2.79. The number of carboxylic acid groups (broad SMARTS) is 1. The Bertz CT molecular complexity index is 2170. The van der Waals surface area contributed by atoms with E-state index in [1.54, 1.807) is 43.0 Å². The molecular formula is C32H27ClF3N7O4S. The predicted molar refractivity (Wildman–Crippen MR) is 175 cm³/mol. The van der Waals surface area contributed by atoms with Crippen molar-refractivity contribution in [2.24, 2.45) is 0 Å². The molecule has 248 valence electrons. The fraction of sp³-hybridized carbons (Fsp3) is 0.312. The molecule has 1 aromatic carbocycles. The van der Waals surface area contributed by atoms with Crippen molar-refractivity contribution >= 4 is 55.8 Å². The quantitative estimate of drug-likeness (QED) is 0.216. The fourth-order valence-corrected chi connectivity index (χ4v) is 7.08. The minimum Gasteiger partial charge on any atom is -0.491 e. The van der Waals surface area contributed by atoms with Crippen molar-refractivity contribution in [1.82, 2.24) is 24.4 Å². The zero-order valence-electron chi connectivity index (χ0n) is 25.6. The zero-order chi connectivity index (χ0) is 34.3. The van der Waals surface area contributed by atoms with Gasteiger partial charge in [-0.1, -0.05) is 11.6 Å². The van der Waals surface area contributed by atoms with Gasteiger partial charge in [-0.2, -0.15) is 18.4 Å². The Hall–Kier alpha value is -4.78. The third-order valence-electron chi connectivity index (χ3n) is 8.13. The van der Waals surface area contributed by atoms with Gasteiger partial charge >= 0.3 is 12.1 Å². The second-order valence-electron chi connectivity index (χ2n) is 11.2. The molecule has 5 heterocycles. The number of anilines is 1. The van der Waals surface area contributed by atoms with Crippen LogP contribution in [0.1, 0.15) is 27.4 Å². The molecule has 1 aliphatic heterocycles. The lowest BCUT2D eigenvalue weighted by molar-refractivity contribution is -0.146. The number of nitrogens with zero attached hydrogens (tertiary/aromatic N) is 7. The summed E-state index contributed by atoms with van der Waals surface area (Å²) in [5.41, 5.74) is 2.00. The van der Waals surface area contributed by atoms with Crippen LogP contribution in [0.3, 0.4) is 0 Å². The minimum atomic E-state index is -4.31. The lowest BCUT2D eigenvalue weighted by Gasteiger charge is -2.36. The first-order chi connectivity index (χ1) is 22.9. The Labute approximate surface area is 280 Å². The second-order valence-corrected chi connectivity index (χ2v) is 12.5. The van der Waals surface area contributed by atoms with Crippen LogP contribution in [-0.4, -0.2) is 81.0 Å². The Morgan fingerprint density at radius 2 is 1.88 bits per heavy atom. The normalized spacial score (nSPS) is 14.1. The van der Waals surface area contributed by atoms with Gasteiger partial charge in [-0.05, 0) is 38.1 Å². The largest absolute Gasteiger partial charge is 0.491 e. The lowest BCUT2D eigenvalue weighted by atomic mass is 10.0. The number of carboxylic acids is 1.